The Labute approximate surface area is 324 Å². The third-order valence-corrected chi connectivity index (χ3v) is 10.9. The molecule has 2 aliphatic rings. The lowest BCUT2D eigenvalue weighted by molar-refractivity contribution is -0.146. The van der Waals surface area contributed by atoms with Gasteiger partial charge in [-0.2, -0.15) is 0 Å². The predicted octanol–water partition coefficient (Wildman–Crippen LogP) is 4.87. The number of carbonyl (C=O) groups is 4. The Hall–Kier alpha value is -5.54. The number of aromatic nitrogens is 2. The number of pyridine rings is 2. The third kappa shape index (κ3) is 8.63. The topological polar surface area (TPSA) is 223 Å². The fraction of sp³-hybridized carbons (Fsp3) is 0.381. The first-order chi connectivity index (χ1) is 26.7. The summed E-state index contributed by atoms with van der Waals surface area (Å²) in [6.07, 6.45) is 7.00. The van der Waals surface area contributed by atoms with E-state index >= 15 is 0 Å². The molecule has 2 saturated carbocycles. The highest BCUT2D eigenvalue weighted by molar-refractivity contribution is 6.05. The van der Waals surface area contributed by atoms with Gasteiger partial charge in [0.25, 0.3) is 11.8 Å². The Morgan fingerprint density at radius 3 is 1.36 bits per heavy atom. The van der Waals surface area contributed by atoms with Crippen LogP contribution in [0.2, 0.25) is 0 Å². The molecule has 0 spiro atoms. The number of carbonyl (C=O) groups excluding carboxylic acids is 2. The molecule has 2 aromatic heterocycles. The second kappa shape index (κ2) is 16.3. The number of aliphatic hydroxyl groups is 2. The molecule has 1 unspecified atom stereocenters. The fourth-order valence-corrected chi connectivity index (χ4v) is 6.57. The normalized spacial score (nSPS) is 16.0. The Morgan fingerprint density at radius 1 is 0.661 bits per heavy atom. The van der Waals surface area contributed by atoms with Crippen LogP contribution in [-0.4, -0.2) is 78.4 Å². The molecule has 2 amide bonds. The summed E-state index contributed by atoms with van der Waals surface area (Å²) in [5.74, 6) is -2.61. The molecule has 2 atom stereocenters. The second-order valence-corrected chi connectivity index (χ2v) is 15.2. The van der Waals surface area contributed by atoms with Gasteiger partial charge < -0.3 is 31.1 Å². The number of nitrogens with zero attached hydrogens (tertiary/aromatic N) is 2. The number of carboxylic acids is 2. The molecule has 0 bridgehead atoms. The minimum atomic E-state index is -1.51. The molecule has 0 aliphatic heterocycles. The van der Waals surface area contributed by atoms with Gasteiger partial charge in [0, 0.05) is 36.9 Å². The van der Waals surface area contributed by atoms with Crippen molar-refractivity contribution in [3.05, 3.63) is 106 Å². The first-order valence-corrected chi connectivity index (χ1v) is 18.7. The summed E-state index contributed by atoms with van der Waals surface area (Å²) < 4.78 is 0. The van der Waals surface area contributed by atoms with Gasteiger partial charge in [0.05, 0.1) is 13.2 Å². The summed E-state index contributed by atoms with van der Waals surface area (Å²) in [4.78, 5) is 59.3. The summed E-state index contributed by atoms with van der Waals surface area (Å²) in [6, 6.07) is 14.7. The van der Waals surface area contributed by atoms with E-state index in [-0.39, 0.29) is 48.1 Å². The number of carboxylic acid groups (broad SMARTS) is 2. The van der Waals surface area contributed by atoms with Gasteiger partial charge in [-0.25, -0.2) is 0 Å². The van der Waals surface area contributed by atoms with Gasteiger partial charge in [-0.15, -0.1) is 0 Å². The van der Waals surface area contributed by atoms with E-state index in [0.717, 1.165) is 70.2 Å². The molecule has 0 saturated heterocycles. The largest absolute Gasteiger partial charge is 0.480 e. The maximum absolute atomic E-state index is 13.6. The van der Waals surface area contributed by atoms with Gasteiger partial charge in [-0.05, 0) is 134 Å². The van der Waals surface area contributed by atoms with Crippen LogP contribution in [0, 0.1) is 13.8 Å². The zero-order valence-electron chi connectivity index (χ0n) is 31.9. The highest BCUT2D eigenvalue weighted by Crippen LogP contribution is 2.43. The van der Waals surface area contributed by atoms with E-state index in [1.165, 1.54) is 13.8 Å². The fourth-order valence-electron chi connectivity index (χ4n) is 6.57. The molecule has 14 nitrogen and oxygen atoms in total. The summed E-state index contributed by atoms with van der Waals surface area (Å²) in [7, 11) is 0. The smallest absolute Gasteiger partial charge is 0.326 e. The Bertz CT molecular complexity index is 2030. The molecule has 56 heavy (non-hydrogen) atoms. The Kier molecular flexibility index (Phi) is 11.7. The molecule has 2 aliphatic carbocycles. The highest BCUT2D eigenvalue weighted by atomic mass is 16.4. The number of hydrogen-bond acceptors (Lipinski definition) is 10. The number of rotatable bonds is 17. The molecule has 2 fully saturated rings. The van der Waals surface area contributed by atoms with Crippen LogP contribution >= 0.6 is 0 Å². The quantitative estimate of drug-likeness (QED) is 0.0722. The lowest BCUT2D eigenvalue weighted by atomic mass is 9.94. The van der Waals surface area contributed by atoms with Crippen molar-refractivity contribution in [3.8, 4) is 11.1 Å². The van der Waals surface area contributed by atoms with Crippen LogP contribution in [0.4, 0.5) is 11.4 Å². The summed E-state index contributed by atoms with van der Waals surface area (Å²) in [5, 5.41) is 50.2. The number of amides is 2. The average molecular weight is 765 g/mol. The molecule has 0 radical (unpaired) electrons. The molecular weight excluding hydrogens is 716 g/mol. The van der Waals surface area contributed by atoms with Gasteiger partial charge in [0.1, 0.15) is 22.5 Å². The predicted molar refractivity (Wildman–Crippen MR) is 210 cm³/mol. The third-order valence-electron chi connectivity index (χ3n) is 10.9. The summed E-state index contributed by atoms with van der Waals surface area (Å²) >= 11 is 0. The van der Waals surface area contributed by atoms with E-state index in [0.29, 0.717) is 11.4 Å². The Morgan fingerprint density at radius 2 is 1.04 bits per heavy atom. The number of hydrogen-bond donors (Lipinski definition) is 8. The van der Waals surface area contributed by atoms with Crippen molar-refractivity contribution in [3.63, 3.8) is 0 Å². The van der Waals surface area contributed by atoms with Gasteiger partial charge >= 0.3 is 11.9 Å². The number of aliphatic carboxylic acids is 2. The van der Waals surface area contributed by atoms with Crippen molar-refractivity contribution >= 4 is 35.1 Å². The first kappa shape index (κ1) is 40.1. The zero-order valence-corrected chi connectivity index (χ0v) is 31.9. The number of anilines is 2. The molecule has 294 valence electrons. The number of nitrogens with one attached hydrogen (secondary N) is 4. The van der Waals surface area contributed by atoms with Crippen molar-refractivity contribution < 1.29 is 39.6 Å². The van der Waals surface area contributed by atoms with Crippen LogP contribution in [0.15, 0.2) is 60.9 Å². The molecule has 2 heterocycles. The Balaban J connectivity index is 1.18. The monoisotopic (exact) mass is 764 g/mol. The number of benzene rings is 2. The molecular formula is C42H48N6O8. The van der Waals surface area contributed by atoms with Crippen LogP contribution in [-0.2, 0) is 22.7 Å². The van der Waals surface area contributed by atoms with Crippen molar-refractivity contribution in [1.29, 1.82) is 0 Å². The van der Waals surface area contributed by atoms with E-state index < -0.39 is 36.2 Å². The van der Waals surface area contributed by atoms with Gasteiger partial charge in [-0.3, -0.25) is 39.8 Å². The standard InChI is InChI=1S/C42H48N6O8/c1-23-29(7-5-9-33(23)47-37(51)35-15-31(25-11-12-25)27(17-43-35)19-45-41(3,21-49)39(53)54)30-8-6-10-34(24(30)2)48-38(52)36-16-32(26-13-14-26)28(18-44-36)20-46-42(4,22-50)40(55)56/h5-10,15-18,25-26,45-46,49-50H,11-14,19-22H2,1-4H3,(H,47,51)(H,48,52)(H,53,54)(H,55,56)/t41-,42?/m0/s1. The van der Waals surface area contributed by atoms with Gasteiger partial charge in [0.15, 0.2) is 0 Å². The minimum Gasteiger partial charge on any atom is -0.480 e. The summed E-state index contributed by atoms with van der Waals surface area (Å²) in [6.45, 7) is 5.84. The average Bonchev–Trinajstić information content (AvgIpc) is 4.12. The summed E-state index contributed by atoms with van der Waals surface area (Å²) in [5.41, 5.74) is 5.38. The van der Waals surface area contributed by atoms with Crippen LogP contribution in [0.1, 0.15) is 106 Å². The highest BCUT2D eigenvalue weighted by Gasteiger charge is 2.35. The lowest BCUT2D eigenvalue weighted by Gasteiger charge is -2.24. The van der Waals surface area contributed by atoms with Crippen molar-refractivity contribution in [2.24, 2.45) is 0 Å². The molecule has 8 N–H and O–H groups in total. The molecule has 4 aromatic rings. The van der Waals surface area contributed by atoms with E-state index in [1.807, 2.05) is 50.2 Å². The van der Waals surface area contributed by atoms with Gasteiger partial charge in [0.2, 0.25) is 0 Å². The SMILES string of the molecule is Cc1c(NC(=O)c2cc(C3CC3)c(CNC(C)(CO)C(=O)O)cn2)cccc1-c1cccc(NC(=O)c2cc(C3CC3)c(CN[C@@](C)(CO)C(=O)O)cn2)c1C. The van der Waals surface area contributed by atoms with Crippen LogP contribution < -0.4 is 21.3 Å². The lowest BCUT2D eigenvalue weighted by Crippen LogP contribution is -2.52. The van der Waals surface area contributed by atoms with Crippen molar-refractivity contribution in [2.45, 2.75) is 89.4 Å². The second-order valence-electron chi connectivity index (χ2n) is 15.2. The zero-order chi connectivity index (χ0) is 40.4. The molecule has 14 heteroatoms. The van der Waals surface area contributed by atoms with E-state index in [9.17, 15) is 39.6 Å². The maximum atomic E-state index is 13.6. The number of aliphatic hydroxyl groups excluding tert-OH is 2. The van der Waals surface area contributed by atoms with Crippen LogP contribution in [0.3, 0.4) is 0 Å². The molecule has 2 aromatic carbocycles. The maximum Gasteiger partial charge on any atom is 0.326 e. The van der Waals surface area contributed by atoms with Crippen LogP contribution in [0.25, 0.3) is 11.1 Å². The van der Waals surface area contributed by atoms with E-state index in [4.69, 9.17) is 0 Å². The van der Waals surface area contributed by atoms with Crippen molar-refractivity contribution in [1.82, 2.24) is 20.6 Å². The van der Waals surface area contributed by atoms with Gasteiger partial charge in [-0.1, -0.05) is 24.3 Å². The van der Waals surface area contributed by atoms with E-state index in [1.54, 1.807) is 24.5 Å². The molecule has 6 rings (SSSR count). The minimum absolute atomic E-state index is 0.175. The first-order valence-electron chi connectivity index (χ1n) is 18.7. The van der Waals surface area contributed by atoms with E-state index in [2.05, 4.69) is 31.2 Å². The van der Waals surface area contributed by atoms with Crippen molar-refractivity contribution in [2.75, 3.05) is 23.8 Å². The van der Waals surface area contributed by atoms with Crippen LogP contribution in [0.5, 0.6) is 0 Å².